The molecule has 2 heterocycles. The van der Waals surface area contributed by atoms with E-state index in [1.807, 2.05) is 0 Å². The summed E-state index contributed by atoms with van der Waals surface area (Å²) in [7, 11) is -6.77. The van der Waals surface area contributed by atoms with Crippen molar-refractivity contribution in [3.63, 3.8) is 0 Å². The number of fused-ring (bicyclic) bond motifs is 2. The average Bonchev–Trinajstić information content (AvgIpc) is 4.05. The standard InChI is InChI=1S/C45H78O6Si4/c1-45(2,37-15-19-39(20-16-37)46-27-11-29-52(3,4)50-54(7,8)31-25-35-13-23-41-43(33-35)48-41)38-17-21-40(22-18-38)47-28-12-30-53(5,6)51-55(9,10)32-26-36-14-24-42-44(34-36)49-42/h15-21,35-36,40-44H,11-14,22-34H2,1-10H3. The van der Waals surface area contributed by atoms with Gasteiger partial charge in [0, 0.05) is 12.0 Å². The van der Waals surface area contributed by atoms with Gasteiger partial charge in [0.1, 0.15) is 5.75 Å². The van der Waals surface area contributed by atoms with Crippen LogP contribution >= 0.6 is 0 Å². The Hall–Kier alpha value is -0.832. The predicted octanol–water partition coefficient (Wildman–Crippen LogP) is 12.2. The lowest BCUT2D eigenvalue weighted by molar-refractivity contribution is 0.0860. The zero-order valence-corrected chi connectivity index (χ0v) is 40.6. The Morgan fingerprint density at radius 2 is 1.15 bits per heavy atom. The Morgan fingerprint density at radius 3 is 1.64 bits per heavy atom. The molecule has 7 atom stereocenters. The van der Waals surface area contributed by atoms with Crippen LogP contribution in [0.15, 0.2) is 48.1 Å². The van der Waals surface area contributed by atoms with Crippen LogP contribution in [0.3, 0.4) is 0 Å². The second-order valence-electron chi connectivity index (χ2n) is 21.0. The molecule has 2 saturated heterocycles. The fourth-order valence-electron chi connectivity index (χ4n) is 10.0. The number of epoxide rings is 2. The summed E-state index contributed by atoms with van der Waals surface area (Å²) in [4.78, 5) is 0. The van der Waals surface area contributed by atoms with E-state index in [2.05, 4.69) is 109 Å². The second kappa shape index (κ2) is 18.2. The van der Waals surface area contributed by atoms with E-state index in [4.69, 9.17) is 27.2 Å². The largest absolute Gasteiger partial charge is 0.494 e. The maximum atomic E-state index is 6.98. The van der Waals surface area contributed by atoms with Crippen molar-refractivity contribution in [2.24, 2.45) is 11.8 Å². The molecule has 3 aliphatic carbocycles. The first kappa shape index (κ1) is 43.7. The highest BCUT2D eigenvalue weighted by Gasteiger charge is 2.45. The Morgan fingerprint density at radius 1 is 0.636 bits per heavy atom. The summed E-state index contributed by atoms with van der Waals surface area (Å²) in [6.45, 7) is 25.6. The van der Waals surface area contributed by atoms with Crippen molar-refractivity contribution in [1.29, 1.82) is 0 Å². The summed E-state index contributed by atoms with van der Waals surface area (Å²) in [6.07, 6.45) is 23.0. The molecule has 4 fully saturated rings. The molecule has 5 aliphatic rings. The summed E-state index contributed by atoms with van der Waals surface area (Å²) >= 11 is 0. The molecule has 0 amide bonds. The summed E-state index contributed by atoms with van der Waals surface area (Å²) in [5.41, 5.74) is 2.59. The SMILES string of the molecule is CC(C)(C1=CCC(OCCC[Si](C)(C)O[Si](C)(C)CCC2CCC3OC3C2)C=C1)c1ccc(OCCC[Si](C)(C)O[Si](C)(C)CCC2CCC3OC3C2)cc1. The predicted molar refractivity (Wildman–Crippen MR) is 238 cm³/mol. The van der Waals surface area contributed by atoms with Gasteiger partial charge in [-0.05, 0) is 169 Å². The quantitative estimate of drug-likeness (QED) is 0.0659. The Labute approximate surface area is 340 Å². The third-order valence-electron chi connectivity index (χ3n) is 13.4. The third kappa shape index (κ3) is 13.6. The molecule has 7 unspecified atom stereocenters. The molecule has 10 heteroatoms. The van der Waals surface area contributed by atoms with Crippen molar-refractivity contribution in [3.05, 3.63) is 53.6 Å². The van der Waals surface area contributed by atoms with Crippen LogP contribution in [0.4, 0.5) is 0 Å². The van der Waals surface area contributed by atoms with Gasteiger partial charge < -0.3 is 27.2 Å². The number of ether oxygens (including phenoxy) is 4. The molecule has 0 aromatic heterocycles. The van der Waals surface area contributed by atoms with E-state index >= 15 is 0 Å². The lowest BCUT2D eigenvalue weighted by Gasteiger charge is -2.35. The molecule has 2 saturated carbocycles. The van der Waals surface area contributed by atoms with E-state index < -0.39 is 33.3 Å². The lowest BCUT2D eigenvalue weighted by Crippen LogP contribution is -2.44. The first-order valence-electron chi connectivity index (χ1n) is 22.3. The molecule has 2 aliphatic heterocycles. The second-order valence-corrected chi connectivity index (χ2v) is 38.7. The fraction of sp³-hybridized carbons (Fsp3) is 0.778. The van der Waals surface area contributed by atoms with Gasteiger partial charge >= 0.3 is 0 Å². The number of benzene rings is 1. The van der Waals surface area contributed by atoms with Gasteiger partial charge in [0.25, 0.3) is 0 Å². The summed E-state index contributed by atoms with van der Waals surface area (Å²) in [6, 6.07) is 13.7. The molecule has 1 aromatic carbocycles. The molecule has 6 rings (SSSR count). The minimum absolute atomic E-state index is 0.0799. The third-order valence-corrected chi connectivity index (χ3v) is 28.4. The van der Waals surface area contributed by atoms with Gasteiger partial charge in [0.05, 0.1) is 37.1 Å². The van der Waals surface area contributed by atoms with Crippen LogP contribution in [0.25, 0.3) is 0 Å². The molecule has 0 spiro atoms. The summed E-state index contributed by atoms with van der Waals surface area (Å²) < 4.78 is 38.1. The lowest BCUT2D eigenvalue weighted by atomic mass is 9.75. The Balaban J connectivity index is 0.845. The zero-order valence-electron chi connectivity index (χ0n) is 36.6. The summed E-state index contributed by atoms with van der Waals surface area (Å²) in [5.74, 6) is 2.65. The first-order chi connectivity index (χ1) is 25.9. The highest BCUT2D eigenvalue weighted by Crippen LogP contribution is 2.43. The number of hydrogen-bond donors (Lipinski definition) is 0. The fourth-order valence-corrected chi connectivity index (χ4v) is 27.8. The maximum absolute atomic E-state index is 6.98. The molecule has 0 radical (unpaired) electrons. The van der Waals surface area contributed by atoms with Crippen LogP contribution in [0, 0.1) is 11.8 Å². The first-order valence-corrected chi connectivity index (χ1v) is 34.8. The van der Waals surface area contributed by atoms with Gasteiger partial charge in [0.2, 0.25) is 0 Å². The Bertz CT molecular complexity index is 1460. The van der Waals surface area contributed by atoms with E-state index in [0.717, 1.165) is 56.1 Å². The minimum atomic E-state index is -1.73. The highest BCUT2D eigenvalue weighted by atomic mass is 28.4. The molecule has 6 nitrogen and oxygen atoms in total. The maximum Gasteiger partial charge on any atom is 0.173 e. The van der Waals surface area contributed by atoms with Crippen molar-refractivity contribution in [1.82, 2.24) is 0 Å². The van der Waals surface area contributed by atoms with E-state index in [-0.39, 0.29) is 11.5 Å². The van der Waals surface area contributed by atoms with Gasteiger partial charge in [-0.25, -0.2) is 0 Å². The zero-order chi connectivity index (χ0) is 39.5. The molecule has 0 N–H and O–H groups in total. The molecular formula is C45H78O6Si4. The molecular weight excluding hydrogens is 749 g/mol. The summed E-state index contributed by atoms with van der Waals surface area (Å²) in [5, 5.41) is 0. The van der Waals surface area contributed by atoms with Gasteiger partial charge in [-0.15, -0.1) is 0 Å². The van der Waals surface area contributed by atoms with Crippen LogP contribution in [0.2, 0.25) is 76.6 Å². The van der Waals surface area contributed by atoms with E-state index in [0.29, 0.717) is 24.4 Å². The van der Waals surface area contributed by atoms with Crippen molar-refractivity contribution in [2.45, 2.75) is 197 Å². The van der Waals surface area contributed by atoms with Crippen molar-refractivity contribution in [3.8, 4) is 5.75 Å². The highest BCUT2D eigenvalue weighted by molar-refractivity contribution is 6.85. The number of rotatable bonds is 22. The monoisotopic (exact) mass is 826 g/mol. The van der Waals surface area contributed by atoms with Crippen LogP contribution in [0.1, 0.15) is 90.0 Å². The molecule has 310 valence electrons. The van der Waals surface area contributed by atoms with Gasteiger partial charge in [-0.3, -0.25) is 0 Å². The van der Waals surface area contributed by atoms with Crippen molar-refractivity contribution in [2.75, 3.05) is 13.2 Å². The normalized spacial score (nSPS) is 28.3. The average molecular weight is 827 g/mol. The van der Waals surface area contributed by atoms with E-state index in [1.54, 1.807) is 0 Å². The molecule has 1 aromatic rings. The van der Waals surface area contributed by atoms with Gasteiger partial charge in [0.15, 0.2) is 33.3 Å². The molecule has 55 heavy (non-hydrogen) atoms. The van der Waals surface area contributed by atoms with Gasteiger partial charge in [-0.2, -0.15) is 0 Å². The smallest absolute Gasteiger partial charge is 0.173 e. The van der Waals surface area contributed by atoms with Crippen LogP contribution in [0.5, 0.6) is 5.75 Å². The van der Waals surface area contributed by atoms with Crippen LogP contribution < -0.4 is 4.74 Å². The van der Waals surface area contributed by atoms with E-state index in [1.165, 1.54) is 80.6 Å². The van der Waals surface area contributed by atoms with Crippen LogP contribution in [-0.2, 0) is 27.9 Å². The van der Waals surface area contributed by atoms with Crippen molar-refractivity contribution >= 4 is 33.3 Å². The van der Waals surface area contributed by atoms with Crippen molar-refractivity contribution < 1.29 is 27.2 Å². The molecule has 0 bridgehead atoms. The Kier molecular flexibility index (Phi) is 14.5. The van der Waals surface area contributed by atoms with E-state index in [9.17, 15) is 0 Å². The number of allylic oxidation sites excluding steroid dienone is 2. The van der Waals surface area contributed by atoms with Gasteiger partial charge in [-0.1, -0.05) is 57.0 Å². The number of hydrogen-bond acceptors (Lipinski definition) is 6. The topological polar surface area (TPSA) is 62.0 Å². The van der Waals surface area contributed by atoms with Crippen LogP contribution in [-0.4, -0.2) is 77.0 Å². The minimum Gasteiger partial charge on any atom is -0.494 e.